The fraction of sp³-hybridized carbons (Fsp3) is 1.00. The first-order valence-electron chi connectivity index (χ1n) is 3.45. The summed E-state index contributed by atoms with van der Waals surface area (Å²) in [6.45, 7) is 5.05. The highest BCUT2D eigenvalue weighted by molar-refractivity contribution is 4.77. The lowest BCUT2D eigenvalue weighted by Crippen LogP contribution is -2.27. The Morgan fingerprint density at radius 2 is 2.56 bits per heavy atom. The molecule has 1 atom stereocenters. The van der Waals surface area contributed by atoms with Crippen LogP contribution in [0, 0.1) is 0 Å². The maximum Gasteiger partial charge on any atom is 0.0511 e. The summed E-state index contributed by atoms with van der Waals surface area (Å²) in [5, 5.41) is 0. The van der Waals surface area contributed by atoms with Crippen molar-refractivity contribution in [2.24, 2.45) is 0 Å². The third kappa shape index (κ3) is 1.63. The predicted octanol–water partition coefficient (Wildman–Crippen LogP) is 0.555. The Bertz CT molecular complexity index is 77.1. The van der Waals surface area contributed by atoms with Crippen LogP contribution in [0.5, 0.6) is 0 Å². The van der Waals surface area contributed by atoms with Gasteiger partial charge in [-0.3, -0.25) is 0 Å². The topological polar surface area (TPSA) is 15.3 Å². The average Bonchev–Trinajstić information content (AvgIpc) is 2.34. The second-order valence-corrected chi connectivity index (χ2v) is 2.49. The molecule has 1 aliphatic rings. The molecule has 54 valence electrons. The molecule has 0 bridgehead atoms. The fourth-order valence-electron chi connectivity index (χ4n) is 1.21. The average molecular weight is 132 g/mol. The molecular formula is C6H13FN2. The first kappa shape index (κ1) is 6.96. The van der Waals surface area contributed by atoms with E-state index in [1.807, 2.05) is 0 Å². The molecule has 0 spiro atoms. The van der Waals surface area contributed by atoms with Crippen LogP contribution in [0.3, 0.4) is 0 Å². The first-order valence-corrected chi connectivity index (χ1v) is 3.45. The van der Waals surface area contributed by atoms with E-state index in [2.05, 4.69) is 11.8 Å². The Labute approximate surface area is 55.0 Å². The summed E-state index contributed by atoms with van der Waals surface area (Å²) in [5.41, 5.74) is 1.79. The smallest absolute Gasteiger partial charge is 0.0511 e. The minimum absolute atomic E-state index is 0.0879. The van der Waals surface area contributed by atoms with Crippen LogP contribution in [0.4, 0.5) is 4.48 Å². The predicted molar refractivity (Wildman–Crippen MR) is 34.8 cm³/mol. The molecule has 3 heteroatoms. The molecule has 1 aliphatic heterocycles. The number of hydrogen-bond acceptors (Lipinski definition) is 2. The largest absolute Gasteiger partial charge is 0.302 e. The van der Waals surface area contributed by atoms with E-state index >= 15 is 0 Å². The highest BCUT2D eigenvalue weighted by Gasteiger charge is 2.19. The number of likely N-dealkylation sites (tertiary alicyclic amines) is 1. The molecule has 1 saturated heterocycles. The van der Waals surface area contributed by atoms with Crippen LogP contribution in [0.15, 0.2) is 0 Å². The standard InChI is InChI=1S/C6H13FN2/c1-2-9-4-3-6(5-9)8-7/h6,8H,2-5H2,1H3/t6-/m0/s1. The number of rotatable bonds is 2. The van der Waals surface area contributed by atoms with Crippen molar-refractivity contribution < 1.29 is 4.48 Å². The molecule has 0 saturated carbocycles. The van der Waals surface area contributed by atoms with Gasteiger partial charge in [-0.25, -0.2) is 0 Å². The highest BCUT2D eigenvalue weighted by atomic mass is 19.2. The van der Waals surface area contributed by atoms with Crippen LogP contribution in [-0.4, -0.2) is 30.6 Å². The van der Waals surface area contributed by atoms with Crippen molar-refractivity contribution in [3.8, 4) is 0 Å². The Balaban J connectivity index is 2.20. The SMILES string of the molecule is CCN1CC[C@H](NF)C1. The van der Waals surface area contributed by atoms with Gasteiger partial charge in [-0.05, 0) is 19.5 Å². The Morgan fingerprint density at radius 1 is 1.78 bits per heavy atom. The normalized spacial score (nSPS) is 29.3. The minimum Gasteiger partial charge on any atom is -0.302 e. The van der Waals surface area contributed by atoms with E-state index in [-0.39, 0.29) is 6.04 Å². The van der Waals surface area contributed by atoms with E-state index in [0.29, 0.717) is 0 Å². The molecule has 2 nitrogen and oxygen atoms in total. The Morgan fingerprint density at radius 3 is 2.89 bits per heavy atom. The molecule has 0 aromatic carbocycles. The highest BCUT2D eigenvalue weighted by Crippen LogP contribution is 2.07. The van der Waals surface area contributed by atoms with Crippen molar-refractivity contribution >= 4 is 0 Å². The molecule has 0 amide bonds. The second kappa shape index (κ2) is 3.13. The molecule has 0 radical (unpaired) electrons. The third-order valence-corrected chi connectivity index (χ3v) is 1.87. The summed E-state index contributed by atoms with van der Waals surface area (Å²) in [7, 11) is 0. The molecule has 0 aromatic heterocycles. The fourth-order valence-corrected chi connectivity index (χ4v) is 1.21. The number of hydrogen-bond donors (Lipinski definition) is 1. The molecule has 1 fully saturated rings. The lowest BCUT2D eigenvalue weighted by molar-refractivity contribution is 0.260. The molecular weight excluding hydrogens is 119 g/mol. The first-order chi connectivity index (χ1) is 4.36. The van der Waals surface area contributed by atoms with E-state index in [1.165, 1.54) is 0 Å². The quantitative estimate of drug-likeness (QED) is 0.552. The number of likely N-dealkylation sites (N-methyl/N-ethyl adjacent to an activating group) is 1. The van der Waals surface area contributed by atoms with Crippen LogP contribution in [0.1, 0.15) is 13.3 Å². The second-order valence-electron chi connectivity index (χ2n) is 2.49. The molecule has 9 heavy (non-hydrogen) atoms. The maximum atomic E-state index is 11.7. The molecule has 1 rings (SSSR count). The van der Waals surface area contributed by atoms with Gasteiger partial charge in [0.15, 0.2) is 0 Å². The summed E-state index contributed by atoms with van der Waals surface area (Å²) in [5.74, 6) is 0. The van der Waals surface area contributed by atoms with Crippen LogP contribution in [-0.2, 0) is 0 Å². The van der Waals surface area contributed by atoms with Gasteiger partial charge in [0.1, 0.15) is 0 Å². The Hall–Kier alpha value is -0.150. The van der Waals surface area contributed by atoms with Gasteiger partial charge >= 0.3 is 0 Å². The van der Waals surface area contributed by atoms with Gasteiger partial charge in [0.05, 0.1) is 6.04 Å². The van der Waals surface area contributed by atoms with Crippen LogP contribution in [0.2, 0.25) is 0 Å². The van der Waals surface area contributed by atoms with Crippen LogP contribution in [0.25, 0.3) is 0 Å². The zero-order chi connectivity index (χ0) is 6.69. The van der Waals surface area contributed by atoms with Crippen molar-refractivity contribution in [1.29, 1.82) is 0 Å². The van der Waals surface area contributed by atoms with E-state index in [1.54, 1.807) is 5.54 Å². The molecule has 0 aliphatic carbocycles. The van der Waals surface area contributed by atoms with Crippen molar-refractivity contribution in [2.75, 3.05) is 19.6 Å². The molecule has 1 heterocycles. The zero-order valence-corrected chi connectivity index (χ0v) is 5.73. The monoisotopic (exact) mass is 132 g/mol. The van der Waals surface area contributed by atoms with Crippen molar-refractivity contribution in [3.63, 3.8) is 0 Å². The molecule has 0 aromatic rings. The van der Waals surface area contributed by atoms with Crippen molar-refractivity contribution in [2.45, 2.75) is 19.4 Å². The number of nitrogens with one attached hydrogen (secondary N) is 1. The van der Waals surface area contributed by atoms with Crippen LogP contribution >= 0.6 is 0 Å². The third-order valence-electron chi connectivity index (χ3n) is 1.87. The molecule has 1 N–H and O–H groups in total. The van der Waals surface area contributed by atoms with E-state index in [0.717, 1.165) is 26.1 Å². The van der Waals surface area contributed by atoms with E-state index in [9.17, 15) is 4.48 Å². The van der Waals surface area contributed by atoms with E-state index in [4.69, 9.17) is 0 Å². The van der Waals surface area contributed by atoms with Crippen molar-refractivity contribution in [3.05, 3.63) is 0 Å². The van der Waals surface area contributed by atoms with E-state index < -0.39 is 0 Å². The number of halogens is 1. The lowest BCUT2D eigenvalue weighted by atomic mass is 10.3. The number of nitrogens with zero attached hydrogens (tertiary/aromatic N) is 1. The summed E-state index contributed by atoms with van der Waals surface area (Å²) >= 11 is 0. The van der Waals surface area contributed by atoms with Crippen molar-refractivity contribution in [1.82, 2.24) is 10.4 Å². The van der Waals surface area contributed by atoms with Gasteiger partial charge in [0, 0.05) is 6.54 Å². The summed E-state index contributed by atoms with van der Waals surface area (Å²) < 4.78 is 11.7. The molecule has 0 unspecified atom stereocenters. The van der Waals surface area contributed by atoms with Gasteiger partial charge in [-0.15, -0.1) is 4.48 Å². The van der Waals surface area contributed by atoms with Gasteiger partial charge < -0.3 is 4.90 Å². The summed E-state index contributed by atoms with van der Waals surface area (Å²) in [6, 6.07) is 0.0879. The van der Waals surface area contributed by atoms with Gasteiger partial charge in [-0.2, -0.15) is 5.54 Å². The van der Waals surface area contributed by atoms with Gasteiger partial charge in [0.25, 0.3) is 0 Å². The lowest BCUT2D eigenvalue weighted by Gasteiger charge is -2.10. The van der Waals surface area contributed by atoms with Crippen LogP contribution < -0.4 is 5.54 Å². The van der Waals surface area contributed by atoms with Gasteiger partial charge in [-0.1, -0.05) is 6.92 Å². The summed E-state index contributed by atoms with van der Waals surface area (Å²) in [6.07, 6.45) is 0.949. The minimum atomic E-state index is 0.0879. The summed E-state index contributed by atoms with van der Waals surface area (Å²) in [4.78, 5) is 2.23. The zero-order valence-electron chi connectivity index (χ0n) is 5.73. The van der Waals surface area contributed by atoms with Gasteiger partial charge in [0.2, 0.25) is 0 Å². The maximum absolute atomic E-state index is 11.7. The Kier molecular flexibility index (Phi) is 2.42.